The lowest BCUT2D eigenvalue weighted by Crippen LogP contribution is -2.12. The van der Waals surface area contributed by atoms with Gasteiger partial charge in [0, 0.05) is 26.2 Å². The monoisotopic (exact) mass is 242 g/mol. The molecule has 3 nitrogen and oxygen atoms in total. The van der Waals surface area contributed by atoms with Gasteiger partial charge in [-0.1, -0.05) is 30.3 Å². The minimum absolute atomic E-state index is 0.326. The third-order valence-electron chi connectivity index (χ3n) is 2.85. The molecule has 0 unspecified atom stereocenters. The second-order valence-corrected chi connectivity index (χ2v) is 4.39. The van der Waals surface area contributed by atoms with E-state index in [-0.39, 0.29) is 0 Å². The maximum Gasteiger partial charge on any atom is 0.120 e. The normalized spacial score (nSPS) is 10.1. The molecule has 0 aliphatic heterocycles. The SMILES string of the molecule is CN(C)c1ccccc1NCc1ccccc1O. The van der Waals surface area contributed by atoms with Crippen molar-refractivity contribution in [2.45, 2.75) is 6.54 Å². The number of phenolic OH excluding ortho intramolecular Hbond substituents is 1. The lowest BCUT2D eigenvalue weighted by atomic mass is 10.2. The fourth-order valence-corrected chi connectivity index (χ4v) is 1.86. The average Bonchev–Trinajstić information content (AvgIpc) is 2.38. The highest BCUT2D eigenvalue weighted by atomic mass is 16.3. The largest absolute Gasteiger partial charge is 0.508 e. The molecular weight excluding hydrogens is 224 g/mol. The summed E-state index contributed by atoms with van der Waals surface area (Å²) in [6, 6.07) is 15.5. The number of aromatic hydroxyl groups is 1. The van der Waals surface area contributed by atoms with Gasteiger partial charge in [0.2, 0.25) is 0 Å². The summed E-state index contributed by atoms with van der Waals surface area (Å²) in [5.74, 6) is 0.326. The van der Waals surface area contributed by atoms with Gasteiger partial charge in [-0.25, -0.2) is 0 Å². The van der Waals surface area contributed by atoms with Crippen LogP contribution in [-0.4, -0.2) is 19.2 Å². The van der Waals surface area contributed by atoms with Gasteiger partial charge in [-0.2, -0.15) is 0 Å². The van der Waals surface area contributed by atoms with Crippen LogP contribution in [0.5, 0.6) is 5.75 Å². The first-order chi connectivity index (χ1) is 8.68. The Bertz CT molecular complexity index is 523. The number of hydrogen-bond acceptors (Lipinski definition) is 3. The van der Waals surface area contributed by atoms with Crippen LogP contribution in [0, 0.1) is 0 Å². The van der Waals surface area contributed by atoms with Crippen LogP contribution in [0.25, 0.3) is 0 Å². The first-order valence-corrected chi connectivity index (χ1v) is 5.95. The molecule has 2 rings (SSSR count). The number of hydrogen-bond donors (Lipinski definition) is 2. The Balaban J connectivity index is 2.14. The van der Waals surface area contributed by atoms with Gasteiger partial charge in [0.1, 0.15) is 5.75 Å². The standard InChI is InChI=1S/C15H18N2O/c1-17(2)14-9-5-4-8-13(14)16-11-12-7-3-6-10-15(12)18/h3-10,16,18H,11H2,1-2H3. The zero-order valence-electron chi connectivity index (χ0n) is 10.7. The molecule has 0 heterocycles. The van der Waals surface area contributed by atoms with Gasteiger partial charge in [0.15, 0.2) is 0 Å². The summed E-state index contributed by atoms with van der Waals surface area (Å²) < 4.78 is 0. The van der Waals surface area contributed by atoms with Crippen molar-refractivity contribution in [1.82, 2.24) is 0 Å². The van der Waals surface area contributed by atoms with E-state index < -0.39 is 0 Å². The van der Waals surface area contributed by atoms with E-state index in [2.05, 4.69) is 16.3 Å². The van der Waals surface area contributed by atoms with Crippen molar-refractivity contribution in [3.8, 4) is 5.75 Å². The van der Waals surface area contributed by atoms with Crippen LogP contribution in [0.4, 0.5) is 11.4 Å². The zero-order valence-corrected chi connectivity index (χ0v) is 10.7. The minimum atomic E-state index is 0.326. The van der Waals surface area contributed by atoms with Crippen LogP contribution in [0.1, 0.15) is 5.56 Å². The summed E-state index contributed by atoms with van der Waals surface area (Å²) in [7, 11) is 4.03. The number of phenols is 1. The van der Waals surface area contributed by atoms with Crippen LogP contribution in [-0.2, 0) is 6.54 Å². The fraction of sp³-hybridized carbons (Fsp3) is 0.200. The minimum Gasteiger partial charge on any atom is -0.508 e. The molecule has 0 aromatic heterocycles. The van der Waals surface area contributed by atoms with Gasteiger partial charge in [-0.15, -0.1) is 0 Å². The molecule has 2 N–H and O–H groups in total. The molecule has 18 heavy (non-hydrogen) atoms. The van der Waals surface area contributed by atoms with Crippen molar-refractivity contribution in [3.05, 3.63) is 54.1 Å². The van der Waals surface area contributed by atoms with Gasteiger partial charge in [0.25, 0.3) is 0 Å². The molecule has 0 fully saturated rings. The third-order valence-corrected chi connectivity index (χ3v) is 2.85. The highest BCUT2D eigenvalue weighted by Crippen LogP contribution is 2.25. The molecule has 0 bridgehead atoms. The van der Waals surface area contributed by atoms with Crippen molar-refractivity contribution in [2.24, 2.45) is 0 Å². The van der Waals surface area contributed by atoms with Crippen LogP contribution in [0.15, 0.2) is 48.5 Å². The van der Waals surface area contributed by atoms with Crippen molar-refractivity contribution in [3.63, 3.8) is 0 Å². The van der Waals surface area contributed by atoms with Crippen molar-refractivity contribution >= 4 is 11.4 Å². The Morgan fingerprint density at radius 2 is 1.67 bits per heavy atom. The second kappa shape index (κ2) is 5.45. The predicted octanol–water partition coefficient (Wildman–Crippen LogP) is 3.07. The van der Waals surface area contributed by atoms with Crippen LogP contribution >= 0.6 is 0 Å². The van der Waals surface area contributed by atoms with Gasteiger partial charge in [-0.05, 0) is 18.2 Å². The quantitative estimate of drug-likeness (QED) is 0.865. The highest BCUT2D eigenvalue weighted by Gasteiger charge is 2.04. The number of benzene rings is 2. The van der Waals surface area contributed by atoms with E-state index in [0.29, 0.717) is 12.3 Å². The molecule has 0 aliphatic carbocycles. The van der Waals surface area contributed by atoms with Crippen molar-refractivity contribution in [1.29, 1.82) is 0 Å². The molecule has 0 saturated carbocycles. The lowest BCUT2D eigenvalue weighted by molar-refractivity contribution is 0.469. The van der Waals surface area contributed by atoms with E-state index in [1.807, 2.05) is 50.5 Å². The molecule has 0 radical (unpaired) electrons. The maximum atomic E-state index is 9.72. The smallest absolute Gasteiger partial charge is 0.120 e. The van der Waals surface area contributed by atoms with Gasteiger partial charge >= 0.3 is 0 Å². The Labute approximate surface area is 108 Å². The Hall–Kier alpha value is -2.16. The molecule has 3 heteroatoms. The van der Waals surface area contributed by atoms with E-state index in [0.717, 1.165) is 16.9 Å². The van der Waals surface area contributed by atoms with Crippen LogP contribution in [0.3, 0.4) is 0 Å². The Kier molecular flexibility index (Phi) is 3.72. The van der Waals surface area contributed by atoms with E-state index in [1.165, 1.54) is 0 Å². The molecule has 0 amide bonds. The maximum absolute atomic E-state index is 9.72. The number of nitrogens with zero attached hydrogens (tertiary/aromatic N) is 1. The first kappa shape index (κ1) is 12.3. The molecule has 2 aromatic rings. The predicted molar refractivity (Wildman–Crippen MR) is 76.2 cm³/mol. The summed E-state index contributed by atoms with van der Waals surface area (Å²) in [6.07, 6.45) is 0. The molecule has 0 spiro atoms. The van der Waals surface area contributed by atoms with E-state index in [1.54, 1.807) is 6.07 Å². The van der Waals surface area contributed by atoms with Crippen LogP contribution in [0.2, 0.25) is 0 Å². The Morgan fingerprint density at radius 1 is 1.00 bits per heavy atom. The van der Waals surface area contributed by atoms with Crippen molar-refractivity contribution < 1.29 is 5.11 Å². The van der Waals surface area contributed by atoms with Gasteiger partial charge < -0.3 is 15.3 Å². The molecular formula is C15H18N2O. The molecule has 0 saturated heterocycles. The number of nitrogens with one attached hydrogen (secondary N) is 1. The van der Waals surface area contributed by atoms with Crippen molar-refractivity contribution in [2.75, 3.05) is 24.3 Å². The zero-order chi connectivity index (χ0) is 13.0. The first-order valence-electron chi connectivity index (χ1n) is 5.95. The van der Waals surface area contributed by atoms with E-state index >= 15 is 0 Å². The van der Waals surface area contributed by atoms with E-state index in [4.69, 9.17) is 0 Å². The summed E-state index contributed by atoms with van der Waals surface area (Å²) in [5.41, 5.74) is 3.09. The number of rotatable bonds is 4. The summed E-state index contributed by atoms with van der Waals surface area (Å²) in [5, 5.41) is 13.1. The Morgan fingerprint density at radius 3 is 2.39 bits per heavy atom. The number of para-hydroxylation sites is 3. The van der Waals surface area contributed by atoms with Gasteiger partial charge in [-0.3, -0.25) is 0 Å². The molecule has 94 valence electrons. The molecule has 2 aromatic carbocycles. The second-order valence-electron chi connectivity index (χ2n) is 4.39. The highest BCUT2D eigenvalue weighted by molar-refractivity contribution is 5.69. The molecule has 0 aliphatic rings. The van der Waals surface area contributed by atoms with E-state index in [9.17, 15) is 5.11 Å². The third kappa shape index (κ3) is 2.74. The molecule has 0 atom stereocenters. The average molecular weight is 242 g/mol. The lowest BCUT2D eigenvalue weighted by Gasteiger charge is -2.18. The summed E-state index contributed by atoms with van der Waals surface area (Å²) >= 11 is 0. The number of anilines is 2. The summed E-state index contributed by atoms with van der Waals surface area (Å²) in [4.78, 5) is 2.06. The topological polar surface area (TPSA) is 35.5 Å². The fourth-order valence-electron chi connectivity index (χ4n) is 1.86. The van der Waals surface area contributed by atoms with Gasteiger partial charge in [0.05, 0.1) is 11.4 Å². The summed E-state index contributed by atoms with van der Waals surface area (Å²) in [6.45, 7) is 0.609. The van der Waals surface area contributed by atoms with Crippen LogP contribution < -0.4 is 10.2 Å².